The van der Waals surface area contributed by atoms with Crippen LogP contribution in [0.25, 0.3) is 10.2 Å². The van der Waals surface area contributed by atoms with Gasteiger partial charge in [-0.2, -0.15) is 16.8 Å². The maximum Gasteiger partial charge on any atom is 0.270 e. The number of benzene rings is 2. The molecule has 0 bridgehead atoms. The number of thiazole rings is 1. The Morgan fingerprint density at radius 3 is 2.53 bits per heavy atom. The molecule has 0 N–H and O–H groups in total. The summed E-state index contributed by atoms with van der Waals surface area (Å²) in [4.78, 5) is 28.1. The fourth-order valence-corrected chi connectivity index (χ4v) is 4.94. The van der Waals surface area contributed by atoms with E-state index in [1.807, 2.05) is 10.8 Å². The number of hydrogen-bond donors (Lipinski definition) is 0. The average Bonchev–Trinajstić information content (AvgIpc) is 3.01. The van der Waals surface area contributed by atoms with Crippen molar-refractivity contribution in [3.05, 3.63) is 62.9 Å². The van der Waals surface area contributed by atoms with Crippen molar-refractivity contribution in [2.75, 3.05) is 18.3 Å². The maximum absolute atomic E-state index is 12.5. The lowest BCUT2D eigenvalue weighted by Gasteiger charge is -2.04. The van der Waals surface area contributed by atoms with Gasteiger partial charge in [-0.05, 0) is 30.0 Å². The largest absolute Gasteiger partial charge is 0.316 e. The summed E-state index contributed by atoms with van der Waals surface area (Å²) < 4.78 is 25.7. The molecule has 8 nitrogen and oxygen atoms in total. The molecule has 1 heterocycles. The van der Waals surface area contributed by atoms with Gasteiger partial charge in [0.15, 0.2) is 14.6 Å². The molecular formula is C19H19N3O5S3. The SMILES string of the molecule is CSCCn1c(=NC(=O)Cc2ccc(S(C)(=O)=O)cc2)sc2cc([N+](=O)[O-])ccc21. The normalized spacial score (nSPS) is 12.4. The zero-order valence-electron chi connectivity index (χ0n) is 16.3. The number of amides is 1. The van der Waals surface area contributed by atoms with Crippen LogP contribution in [0.1, 0.15) is 5.56 Å². The van der Waals surface area contributed by atoms with E-state index in [-0.39, 0.29) is 22.9 Å². The summed E-state index contributed by atoms with van der Waals surface area (Å²) in [6, 6.07) is 10.7. The fraction of sp³-hybridized carbons (Fsp3) is 0.263. The lowest BCUT2D eigenvalue weighted by molar-refractivity contribution is -0.384. The highest BCUT2D eigenvalue weighted by molar-refractivity contribution is 7.98. The number of aryl methyl sites for hydroxylation is 1. The minimum atomic E-state index is -3.30. The van der Waals surface area contributed by atoms with Gasteiger partial charge in [-0.3, -0.25) is 14.9 Å². The molecule has 30 heavy (non-hydrogen) atoms. The molecule has 0 aliphatic carbocycles. The van der Waals surface area contributed by atoms with E-state index in [0.717, 1.165) is 17.5 Å². The highest BCUT2D eigenvalue weighted by Gasteiger charge is 2.13. The van der Waals surface area contributed by atoms with Crippen LogP contribution in [0.5, 0.6) is 0 Å². The van der Waals surface area contributed by atoms with Crippen LogP contribution in [-0.4, -0.2) is 42.1 Å². The smallest absolute Gasteiger partial charge is 0.270 e. The van der Waals surface area contributed by atoms with Crippen molar-refractivity contribution in [3.8, 4) is 0 Å². The first-order valence-corrected chi connectivity index (χ1v) is 12.9. The molecule has 0 saturated heterocycles. The Labute approximate surface area is 181 Å². The van der Waals surface area contributed by atoms with Crippen LogP contribution in [-0.2, 0) is 27.6 Å². The van der Waals surface area contributed by atoms with Crippen molar-refractivity contribution in [3.63, 3.8) is 0 Å². The molecule has 1 amide bonds. The Kier molecular flexibility index (Phi) is 6.74. The molecule has 0 atom stereocenters. The van der Waals surface area contributed by atoms with Crippen molar-refractivity contribution in [2.45, 2.75) is 17.9 Å². The zero-order chi connectivity index (χ0) is 21.9. The van der Waals surface area contributed by atoms with Gasteiger partial charge in [-0.1, -0.05) is 23.5 Å². The number of non-ortho nitro benzene ring substituents is 1. The van der Waals surface area contributed by atoms with Gasteiger partial charge in [0.1, 0.15) is 0 Å². The van der Waals surface area contributed by atoms with Crippen LogP contribution >= 0.6 is 23.1 Å². The monoisotopic (exact) mass is 465 g/mol. The number of nitro benzene ring substituents is 1. The Morgan fingerprint density at radius 2 is 1.93 bits per heavy atom. The number of rotatable bonds is 7. The van der Waals surface area contributed by atoms with Crippen LogP contribution in [0.2, 0.25) is 0 Å². The van der Waals surface area contributed by atoms with Gasteiger partial charge in [0, 0.05) is 30.7 Å². The Morgan fingerprint density at radius 1 is 1.23 bits per heavy atom. The van der Waals surface area contributed by atoms with Crippen LogP contribution in [0.15, 0.2) is 52.4 Å². The molecule has 11 heteroatoms. The second-order valence-electron chi connectivity index (χ2n) is 6.54. The van der Waals surface area contributed by atoms with Crippen molar-refractivity contribution >= 4 is 54.7 Å². The van der Waals surface area contributed by atoms with E-state index in [9.17, 15) is 23.3 Å². The molecule has 0 radical (unpaired) electrons. The van der Waals surface area contributed by atoms with E-state index in [0.29, 0.717) is 21.6 Å². The predicted octanol–water partition coefficient (Wildman–Crippen LogP) is 3.05. The number of nitrogens with zero attached hydrogens (tertiary/aromatic N) is 3. The van der Waals surface area contributed by atoms with E-state index in [4.69, 9.17) is 0 Å². The van der Waals surface area contributed by atoms with Crippen LogP contribution in [0, 0.1) is 10.1 Å². The summed E-state index contributed by atoms with van der Waals surface area (Å²) in [5, 5.41) is 11.1. The molecular weight excluding hydrogens is 446 g/mol. The predicted molar refractivity (Wildman–Crippen MR) is 119 cm³/mol. The van der Waals surface area contributed by atoms with Gasteiger partial charge in [-0.15, -0.1) is 0 Å². The number of nitro groups is 1. The van der Waals surface area contributed by atoms with Crippen LogP contribution < -0.4 is 4.80 Å². The number of aromatic nitrogens is 1. The van der Waals surface area contributed by atoms with Gasteiger partial charge in [0.2, 0.25) is 0 Å². The molecule has 0 unspecified atom stereocenters. The van der Waals surface area contributed by atoms with Crippen LogP contribution in [0.4, 0.5) is 5.69 Å². The molecule has 1 aromatic heterocycles. The molecule has 2 aromatic carbocycles. The Hall–Kier alpha value is -2.50. The van der Waals surface area contributed by atoms with Crippen molar-refractivity contribution in [1.82, 2.24) is 4.57 Å². The van der Waals surface area contributed by atoms with E-state index in [2.05, 4.69) is 4.99 Å². The first kappa shape index (κ1) is 22.2. The van der Waals surface area contributed by atoms with E-state index < -0.39 is 14.8 Å². The number of sulfone groups is 1. The summed E-state index contributed by atoms with van der Waals surface area (Å²) in [5.74, 6) is 0.429. The second-order valence-corrected chi connectivity index (χ2v) is 10.5. The van der Waals surface area contributed by atoms with Gasteiger partial charge in [-0.25, -0.2) is 8.42 Å². The van der Waals surface area contributed by atoms with Gasteiger partial charge >= 0.3 is 0 Å². The van der Waals surface area contributed by atoms with Gasteiger partial charge < -0.3 is 4.57 Å². The third kappa shape index (κ3) is 5.15. The highest BCUT2D eigenvalue weighted by Crippen LogP contribution is 2.23. The molecule has 0 saturated carbocycles. The fourth-order valence-electron chi connectivity index (χ4n) is 2.83. The van der Waals surface area contributed by atoms with Crippen LogP contribution in [0.3, 0.4) is 0 Å². The topological polar surface area (TPSA) is 112 Å². The number of carbonyl (C=O) groups excluding carboxylic acids is 1. The first-order valence-electron chi connectivity index (χ1n) is 8.82. The number of carbonyl (C=O) groups is 1. The zero-order valence-corrected chi connectivity index (χ0v) is 18.7. The Balaban J connectivity index is 1.95. The molecule has 0 aliphatic heterocycles. The maximum atomic E-state index is 12.5. The number of thioether (sulfide) groups is 1. The average molecular weight is 466 g/mol. The lowest BCUT2D eigenvalue weighted by Crippen LogP contribution is -2.18. The summed E-state index contributed by atoms with van der Waals surface area (Å²) in [6.45, 7) is 0.619. The minimum absolute atomic E-state index is 0.00962. The first-order chi connectivity index (χ1) is 14.2. The Bertz CT molecular complexity index is 1270. The van der Waals surface area contributed by atoms with Gasteiger partial charge in [0.25, 0.3) is 11.6 Å². The molecule has 0 fully saturated rings. The number of hydrogen-bond acceptors (Lipinski definition) is 7. The highest BCUT2D eigenvalue weighted by atomic mass is 32.2. The minimum Gasteiger partial charge on any atom is -0.316 e. The molecule has 3 rings (SSSR count). The molecule has 3 aromatic rings. The van der Waals surface area contributed by atoms with Crippen molar-refractivity contribution < 1.29 is 18.1 Å². The van der Waals surface area contributed by atoms with E-state index >= 15 is 0 Å². The quantitative estimate of drug-likeness (QED) is 0.392. The molecule has 0 spiro atoms. The van der Waals surface area contributed by atoms with E-state index in [1.165, 1.54) is 35.6 Å². The summed E-state index contributed by atoms with van der Waals surface area (Å²) in [5.41, 5.74) is 1.44. The van der Waals surface area contributed by atoms with Crippen molar-refractivity contribution in [1.29, 1.82) is 0 Å². The standard InChI is InChI=1S/C19H19N3O5S3/c1-28-10-9-21-16-8-5-14(22(24)25)12-17(16)29-19(21)20-18(23)11-13-3-6-15(7-4-13)30(2,26)27/h3-8,12H,9-11H2,1-2H3. The van der Waals surface area contributed by atoms with Gasteiger partial charge in [0.05, 0.1) is 26.5 Å². The third-order valence-corrected chi connectivity index (χ3v) is 7.08. The molecule has 158 valence electrons. The second kappa shape index (κ2) is 9.11. The summed E-state index contributed by atoms with van der Waals surface area (Å²) >= 11 is 2.88. The third-order valence-electron chi connectivity index (χ3n) is 4.32. The molecule has 0 aliphatic rings. The van der Waals surface area contributed by atoms with E-state index in [1.54, 1.807) is 30.0 Å². The summed E-state index contributed by atoms with van der Waals surface area (Å²) in [6.07, 6.45) is 3.13. The van der Waals surface area contributed by atoms with Crippen molar-refractivity contribution in [2.24, 2.45) is 4.99 Å². The lowest BCUT2D eigenvalue weighted by atomic mass is 10.1. The summed E-state index contributed by atoms with van der Waals surface area (Å²) in [7, 11) is -3.30. The number of fused-ring (bicyclic) bond motifs is 1.